The first-order valence-electron chi connectivity index (χ1n) is 12.4. The predicted octanol–water partition coefficient (Wildman–Crippen LogP) is 1.18. The van der Waals surface area contributed by atoms with Gasteiger partial charge in [-0.25, -0.2) is 13.1 Å². The van der Waals surface area contributed by atoms with Crippen LogP contribution in [0.5, 0.6) is 0 Å². The highest BCUT2D eigenvalue weighted by Gasteiger charge is 2.28. The summed E-state index contributed by atoms with van der Waals surface area (Å²) in [5.41, 5.74) is 8.21. The summed E-state index contributed by atoms with van der Waals surface area (Å²) < 4.78 is 28.3. The third kappa shape index (κ3) is 9.64. The van der Waals surface area contributed by atoms with E-state index in [9.17, 15) is 23.1 Å². The van der Waals surface area contributed by atoms with Crippen LogP contribution in [0, 0.1) is 5.41 Å². The highest BCUT2D eigenvalue weighted by Crippen LogP contribution is 2.10. The molecule has 0 aliphatic heterocycles. The van der Waals surface area contributed by atoms with Crippen molar-refractivity contribution in [1.82, 2.24) is 15.4 Å². The molecule has 0 aromatic heterocycles. The topological polar surface area (TPSA) is 174 Å². The van der Waals surface area contributed by atoms with Gasteiger partial charge < -0.3 is 21.5 Å². The molecule has 39 heavy (non-hydrogen) atoms. The van der Waals surface area contributed by atoms with Crippen LogP contribution in [0.4, 0.5) is 0 Å². The molecule has 2 amide bonds. The van der Waals surface area contributed by atoms with Crippen molar-refractivity contribution in [2.45, 2.75) is 37.2 Å². The van der Waals surface area contributed by atoms with E-state index in [1.807, 2.05) is 30.3 Å². The van der Waals surface area contributed by atoms with E-state index in [1.54, 1.807) is 54.6 Å². The maximum absolute atomic E-state index is 13.2. The van der Waals surface area contributed by atoms with E-state index in [1.165, 1.54) is 0 Å². The van der Waals surface area contributed by atoms with Gasteiger partial charge in [-0.2, -0.15) is 0 Å². The molecule has 0 unspecified atom stereocenters. The molecule has 7 N–H and O–H groups in total. The number of carbonyl (C=O) groups is 2. The van der Waals surface area contributed by atoms with E-state index in [-0.39, 0.29) is 24.6 Å². The van der Waals surface area contributed by atoms with Crippen LogP contribution in [0.15, 0.2) is 84.9 Å². The van der Waals surface area contributed by atoms with Crippen LogP contribution >= 0.6 is 0 Å². The van der Waals surface area contributed by atoms with Gasteiger partial charge in [-0.3, -0.25) is 15.0 Å². The second-order valence-corrected chi connectivity index (χ2v) is 10.8. The van der Waals surface area contributed by atoms with Crippen molar-refractivity contribution < 1.29 is 23.1 Å². The van der Waals surface area contributed by atoms with Gasteiger partial charge in [-0.15, -0.1) is 0 Å². The Bertz CT molecular complexity index is 1350. The number of amidine groups is 1. The lowest BCUT2D eigenvalue weighted by Gasteiger charge is -2.22. The fourth-order valence-electron chi connectivity index (χ4n) is 3.83. The number of sulfonamides is 1. The summed E-state index contributed by atoms with van der Waals surface area (Å²) in [6.45, 7) is -0.562. The second-order valence-electron chi connectivity index (χ2n) is 9.01. The number of nitrogen functional groups attached to an aromatic ring is 1. The molecule has 2 atom stereocenters. The fourth-order valence-corrected chi connectivity index (χ4v) is 5.21. The summed E-state index contributed by atoms with van der Waals surface area (Å²) in [7, 11) is -3.90. The average molecular weight is 552 g/mol. The Morgan fingerprint density at radius 1 is 0.821 bits per heavy atom. The molecule has 3 rings (SSSR count). The third-order valence-corrected chi connectivity index (χ3v) is 7.31. The Hall–Kier alpha value is -4.06. The number of nitrogens with two attached hydrogens (primary N) is 1. The van der Waals surface area contributed by atoms with Crippen LogP contribution in [0.25, 0.3) is 0 Å². The minimum atomic E-state index is -3.90. The summed E-state index contributed by atoms with van der Waals surface area (Å²) in [5.74, 6) is -1.73. The van der Waals surface area contributed by atoms with Gasteiger partial charge in [0.2, 0.25) is 21.8 Å². The van der Waals surface area contributed by atoms with E-state index >= 15 is 0 Å². The highest BCUT2D eigenvalue weighted by molar-refractivity contribution is 7.88. The average Bonchev–Trinajstić information content (AvgIpc) is 2.93. The molecular weight excluding hydrogens is 518 g/mol. The summed E-state index contributed by atoms with van der Waals surface area (Å²) in [5, 5.41) is 22.4. The minimum Gasteiger partial charge on any atom is -0.394 e. The van der Waals surface area contributed by atoms with Crippen LogP contribution in [0.3, 0.4) is 0 Å². The van der Waals surface area contributed by atoms with Crippen LogP contribution in [0.2, 0.25) is 0 Å². The first-order chi connectivity index (χ1) is 18.7. The number of amides is 2. The molecule has 0 aliphatic carbocycles. The van der Waals surface area contributed by atoms with Gasteiger partial charge in [0.1, 0.15) is 17.9 Å². The normalized spacial score (nSPS) is 12.7. The highest BCUT2D eigenvalue weighted by atomic mass is 32.2. The number of hydrogen-bond donors (Lipinski definition) is 6. The Labute approximate surface area is 228 Å². The molecule has 0 saturated heterocycles. The maximum atomic E-state index is 13.2. The van der Waals surface area contributed by atoms with Crippen LogP contribution in [-0.4, -0.2) is 49.9 Å². The van der Waals surface area contributed by atoms with Gasteiger partial charge in [0, 0.05) is 12.1 Å². The summed E-state index contributed by atoms with van der Waals surface area (Å²) in [6.07, 6.45) is 0.561. The molecule has 3 aromatic carbocycles. The van der Waals surface area contributed by atoms with E-state index in [2.05, 4.69) is 15.4 Å². The maximum Gasteiger partial charge on any atom is 0.245 e. The second kappa shape index (κ2) is 14.2. The number of aryl methyl sites for hydroxylation is 1. The summed E-state index contributed by atoms with van der Waals surface area (Å²) >= 11 is 0. The van der Waals surface area contributed by atoms with E-state index in [0.29, 0.717) is 17.5 Å². The zero-order valence-corrected chi connectivity index (χ0v) is 22.2. The molecule has 11 heteroatoms. The first-order valence-corrected chi connectivity index (χ1v) is 14.0. The molecule has 0 aliphatic rings. The van der Waals surface area contributed by atoms with Crippen LogP contribution in [0.1, 0.15) is 28.7 Å². The number of rotatable bonds is 14. The molecule has 0 bridgehead atoms. The lowest BCUT2D eigenvalue weighted by Crippen LogP contribution is -2.55. The van der Waals surface area contributed by atoms with Crippen molar-refractivity contribution in [3.63, 3.8) is 0 Å². The van der Waals surface area contributed by atoms with Crippen molar-refractivity contribution in [3.05, 3.63) is 107 Å². The van der Waals surface area contributed by atoms with Crippen molar-refractivity contribution >= 4 is 27.7 Å². The lowest BCUT2D eigenvalue weighted by atomic mass is 10.0. The van der Waals surface area contributed by atoms with E-state index in [4.69, 9.17) is 11.1 Å². The Kier molecular flexibility index (Phi) is 10.7. The van der Waals surface area contributed by atoms with Gasteiger partial charge in [0.25, 0.3) is 0 Å². The molecule has 0 saturated carbocycles. The van der Waals surface area contributed by atoms with Crippen LogP contribution in [-0.2, 0) is 38.3 Å². The third-order valence-electron chi connectivity index (χ3n) is 5.95. The number of carbonyl (C=O) groups excluding carboxylic acids is 2. The Balaban J connectivity index is 1.66. The summed E-state index contributed by atoms with van der Waals surface area (Å²) in [6, 6.07) is 22.1. The largest absolute Gasteiger partial charge is 0.394 e. The summed E-state index contributed by atoms with van der Waals surface area (Å²) in [4.78, 5) is 25.9. The van der Waals surface area contributed by atoms with Gasteiger partial charge >= 0.3 is 0 Å². The first kappa shape index (κ1) is 29.5. The SMILES string of the molecule is N=C(N)c1ccc(CNC(=O)[C@H](CO)NC(=O)[C@@H](CCc2ccccc2)NS(=O)(=O)Cc2ccccc2)cc1. The quantitative estimate of drug-likeness (QED) is 0.130. The number of nitrogens with one attached hydrogen (secondary N) is 4. The van der Waals surface area contributed by atoms with Gasteiger partial charge in [0.05, 0.1) is 12.4 Å². The van der Waals surface area contributed by atoms with Crippen molar-refractivity contribution in [1.29, 1.82) is 5.41 Å². The monoisotopic (exact) mass is 551 g/mol. The smallest absolute Gasteiger partial charge is 0.245 e. The predicted molar refractivity (Wildman–Crippen MR) is 149 cm³/mol. The number of aliphatic hydroxyl groups is 1. The Morgan fingerprint density at radius 2 is 1.41 bits per heavy atom. The number of hydrogen-bond acceptors (Lipinski definition) is 6. The fraction of sp³-hybridized carbons (Fsp3) is 0.250. The van der Waals surface area contributed by atoms with Gasteiger partial charge in [0.15, 0.2) is 0 Å². The van der Waals surface area contributed by atoms with Crippen molar-refractivity contribution in [2.75, 3.05) is 6.61 Å². The molecule has 10 nitrogen and oxygen atoms in total. The van der Waals surface area contributed by atoms with E-state index < -0.39 is 40.5 Å². The minimum absolute atomic E-state index is 0.0742. The number of benzene rings is 3. The molecule has 0 spiro atoms. The van der Waals surface area contributed by atoms with E-state index in [0.717, 1.165) is 11.1 Å². The van der Waals surface area contributed by atoms with Crippen molar-refractivity contribution in [3.8, 4) is 0 Å². The zero-order chi connectivity index (χ0) is 28.3. The van der Waals surface area contributed by atoms with Crippen molar-refractivity contribution in [2.24, 2.45) is 5.73 Å². The molecule has 0 heterocycles. The van der Waals surface area contributed by atoms with Gasteiger partial charge in [-0.1, -0.05) is 84.9 Å². The number of aliphatic hydroxyl groups excluding tert-OH is 1. The molecule has 3 aromatic rings. The molecule has 0 radical (unpaired) electrons. The molecular formula is C28H33N5O5S. The molecule has 0 fully saturated rings. The molecule has 206 valence electrons. The van der Waals surface area contributed by atoms with Gasteiger partial charge in [-0.05, 0) is 29.5 Å². The van der Waals surface area contributed by atoms with Crippen LogP contribution < -0.4 is 21.1 Å². The standard InChI is InChI=1S/C28H33N5O5S/c29-26(30)23-14-11-21(12-15-23)17-31-27(35)25(18-34)32-28(36)24(16-13-20-7-3-1-4-8-20)33-39(37,38)19-22-9-5-2-6-10-22/h1-12,14-15,24-25,33-34H,13,16-19H2,(H3,29,30)(H,31,35)(H,32,36)/t24-,25+/m1/s1. The Morgan fingerprint density at radius 3 is 1.97 bits per heavy atom. The lowest BCUT2D eigenvalue weighted by molar-refractivity contribution is -0.130. The zero-order valence-electron chi connectivity index (χ0n) is 21.3.